The van der Waals surface area contributed by atoms with Crippen molar-refractivity contribution in [3.8, 4) is 0 Å². The van der Waals surface area contributed by atoms with E-state index in [0.29, 0.717) is 10.5 Å². The number of amides is 1. The second kappa shape index (κ2) is 10.9. The van der Waals surface area contributed by atoms with Gasteiger partial charge in [0.05, 0.1) is 17.1 Å². The van der Waals surface area contributed by atoms with Gasteiger partial charge in [0.15, 0.2) is 0 Å². The van der Waals surface area contributed by atoms with Gasteiger partial charge in [-0.3, -0.25) is 9.79 Å². The van der Waals surface area contributed by atoms with E-state index in [-0.39, 0.29) is 0 Å². The van der Waals surface area contributed by atoms with Crippen LogP contribution < -0.4 is 5.32 Å². The number of carbonyl (C=O) groups excluding carboxylic acids is 1. The first-order chi connectivity index (χ1) is 16.6. The summed E-state index contributed by atoms with van der Waals surface area (Å²) in [5.74, 6) is -4.96. The Morgan fingerprint density at radius 1 is 1.25 bits per heavy atom. The molecule has 1 amide bonds. The summed E-state index contributed by atoms with van der Waals surface area (Å²) >= 11 is 0. The lowest BCUT2D eigenvalue weighted by atomic mass is 9.92. The highest BCUT2D eigenvalue weighted by molar-refractivity contribution is 7.89. The lowest BCUT2D eigenvalue weighted by molar-refractivity contribution is -0.125. The van der Waals surface area contributed by atoms with Crippen LogP contribution in [0.15, 0.2) is 56.2 Å². The van der Waals surface area contributed by atoms with Crippen molar-refractivity contribution in [3.05, 3.63) is 42.1 Å². The van der Waals surface area contributed by atoms with Gasteiger partial charge < -0.3 is 5.32 Å². The van der Waals surface area contributed by atoms with Gasteiger partial charge in [0.1, 0.15) is 29.4 Å². The molecule has 1 fully saturated rings. The minimum atomic E-state index is -5.11. The van der Waals surface area contributed by atoms with Crippen molar-refractivity contribution in [2.24, 2.45) is 15.0 Å². The van der Waals surface area contributed by atoms with E-state index in [0.717, 1.165) is 38.1 Å². The molecule has 1 unspecified atom stereocenters. The van der Waals surface area contributed by atoms with Gasteiger partial charge in [-0.25, -0.2) is 31.6 Å². The first kappa shape index (κ1) is 29.2. The molecule has 1 aliphatic rings. The lowest BCUT2D eigenvalue weighted by Crippen LogP contribution is -2.54. The summed E-state index contributed by atoms with van der Waals surface area (Å²) in [6.45, 7) is 7.12. The van der Waals surface area contributed by atoms with Gasteiger partial charge in [-0.2, -0.15) is 17.5 Å². The zero-order valence-corrected chi connectivity index (χ0v) is 20.0. The highest BCUT2D eigenvalue weighted by atomic mass is 32.2. The molecule has 8 nitrogen and oxygen atoms in total. The van der Waals surface area contributed by atoms with Crippen LogP contribution in [0, 0.1) is 5.82 Å². The van der Waals surface area contributed by atoms with Crippen molar-refractivity contribution in [2.75, 3.05) is 6.54 Å². The number of halogens is 6. The molecule has 1 heterocycles. The summed E-state index contributed by atoms with van der Waals surface area (Å²) in [5.41, 5.74) is -2.43. The number of sulfonamides is 1. The van der Waals surface area contributed by atoms with Gasteiger partial charge in [0.2, 0.25) is 21.8 Å². The maximum atomic E-state index is 14.8. The first-order valence-corrected chi connectivity index (χ1v) is 11.7. The van der Waals surface area contributed by atoms with Crippen molar-refractivity contribution in [2.45, 2.75) is 55.1 Å². The Morgan fingerprint density at radius 3 is 2.33 bits per heavy atom. The zero-order chi connectivity index (χ0) is 27.5. The standard InChI is InChI=1S/C21H23F6N5O3S/c1-12(20(2,17(24)10-28-3)31-19(29-4)21(25,26)27)30-18(33)16-9-14(23)11-32(16)36(34,35)15-7-5-13(22)6-8-15/h5-8,10,12,14,16H,3-4,9,11H2,1-2H3,(H,30,33)/b17-10+,31-19?/t12?,14-,16+,20-/m1/s1. The van der Waals surface area contributed by atoms with Crippen LogP contribution in [0.5, 0.6) is 0 Å². The molecular weight excluding hydrogens is 516 g/mol. The van der Waals surface area contributed by atoms with E-state index < -0.39 is 81.2 Å². The molecule has 36 heavy (non-hydrogen) atoms. The van der Waals surface area contributed by atoms with E-state index in [9.17, 15) is 39.6 Å². The van der Waals surface area contributed by atoms with Gasteiger partial charge >= 0.3 is 6.18 Å². The Bertz CT molecular complexity index is 1170. The maximum absolute atomic E-state index is 14.8. The molecule has 0 bridgehead atoms. The van der Waals surface area contributed by atoms with Crippen molar-refractivity contribution in [1.29, 1.82) is 0 Å². The number of carbonyl (C=O) groups is 1. The number of rotatable bonds is 8. The Hall–Kier alpha value is -3.07. The van der Waals surface area contributed by atoms with E-state index in [2.05, 4.69) is 33.7 Å². The van der Waals surface area contributed by atoms with Crippen molar-refractivity contribution in [3.63, 3.8) is 0 Å². The number of nitrogens with one attached hydrogen (secondary N) is 1. The largest absolute Gasteiger partial charge is 0.451 e. The average Bonchev–Trinajstić information content (AvgIpc) is 3.19. The fourth-order valence-electron chi connectivity index (χ4n) is 3.43. The predicted octanol–water partition coefficient (Wildman–Crippen LogP) is 3.36. The Morgan fingerprint density at radius 2 is 1.83 bits per heavy atom. The van der Waals surface area contributed by atoms with Crippen LogP contribution in [0.1, 0.15) is 20.3 Å². The number of aliphatic imine (C=N–C) groups is 3. The summed E-state index contributed by atoms with van der Waals surface area (Å²) < 4.78 is 108. The van der Waals surface area contributed by atoms with Gasteiger partial charge in [-0.1, -0.05) is 0 Å². The third-order valence-corrected chi connectivity index (χ3v) is 7.45. The molecule has 1 aliphatic heterocycles. The van der Waals surface area contributed by atoms with Crippen LogP contribution >= 0.6 is 0 Å². The van der Waals surface area contributed by atoms with Crippen LogP contribution in [-0.2, 0) is 14.8 Å². The molecule has 0 aliphatic carbocycles. The molecule has 0 aromatic heterocycles. The van der Waals surface area contributed by atoms with Crippen LogP contribution in [0.25, 0.3) is 0 Å². The first-order valence-electron chi connectivity index (χ1n) is 10.3. The average molecular weight is 540 g/mol. The SMILES string of the molecule is C=N/C=C(/F)[C@](C)(N=C(N=C)C(F)(F)F)C(C)NC(=O)[C@@H]1C[C@@H](F)CN1S(=O)(=O)c1ccc(F)cc1. The van der Waals surface area contributed by atoms with E-state index in [4.69, 9.17) is 0 Å². The summed E-state index contributed by atoms with van der Waals surface area (Å²) in [5, 5.41) is 2.21. The van der Waals surface area contributed by atoms with Crippen molar-refractivity contribution >= 4 is 35.2 Å². The highest BCUT2D eigenvalue weighted by Crippen LogP contribution is 2.32. The van der Waals surface area contributed by atoms with Crippen LogP contribution in [0.2, 0.25) is 0 Å². The Kier molecular flexibility index (Phi) is 8.83. The molecule has 198 valence electrons. The summed E-state index contributed by atoms with van der Waals surface area (Å²) in [6.07, 6.45) is -6.95. The molecule has 1 aromatic carbocycles. The third-order valence-electron chi connectivity index (χ3n) is 5.56. The van der Waals surface area contributed by atoms with Gasteiger partial charge in [-0.05, 0) is 51.5 Å². The summed E-state index contributed by atoms with van der Waals surface area (Å²) in [6, 6.07) is 0.424. The minimum absolute atomic E-state index is 0.406. The lowest BCUT2D eigenvalue weighted by Gasteiger charge is -2.33. The van der Waals surface area contributed by atoms with E-state index >= 15 is 0 Å². The molecule has 2 rings (SSSR count). The number of hydrogen-bond donors (Lipinski definition) is 1. The minimum Gasteiger partial charge on any atom is -0.349 e. The Labute approximate surface area is 203 Å². The zero-order valence-electron chi connectivity index (χ0n) is 19.1. The van der Waals surface area contributed by atoms with Crippen LogP contribution in [0.3, 0.4) is 0 Å². The van der Waals surface area contributed by atoms with Crippen molar-refractivity contribution in [1.82, 2.24) is 9.62 Å². The number of amidine groups is 1. The second-order valence-electron chi connectivity index (χ2n) is 8.01. The molecule has 15 heteroatoms. The van der Waals surface area contributed by atoms with Gasteiger partial charge in [-0.15, -0.1) is 0 Å². The monoisotopic (exact) mass is 539 g/mol. The molecule has 0 saturated carbocycles. The van der Waals surface area contributed by atoms with E-state index in [1.165, 1.54) is 0 Å². The smallest absolute Gasteiger partial charge is 0.349 e. The number of nitrogens with zero attached hydrogens (tertiary/aromatic N) is 4. The predicted molar refractivity (Wildman–Crippen MR) is 121 cm³/mol. The highest BCUT2D eigenvalue weighted by Gasteiger charge is 2.47. The quantitative estimate of drug-likeness (QED) is 0.311. The normalized spacial score (nSPS) is 22.6. The van der Waals surface area contributed by atoms with Gasteiger partial charge in [0, 0.05) is 13.0 Å². The van der Waals surface area contributed by atoms with E-state index in [1.54, 1.807) is 0 Å². The fraction of sp³-hybridized carbons (Fsp3) is 0.429. The molecule has 1 aromatic rings. The van der Waals surface area contributed by atoms with Crippen molar-refractivity contribution < 1.29 is 39.6 Å². The third kappa shape index (κ3) is 6.19. The molecule has 1 saturated heterocycles. The number of benzene rings is 1. The van der Waals surface area contributed by atoms with E-state index in [1.807, 2.05) is 0 Å². The summed E-state index contributed by atoms with van der Waals surface area (Å²) in [4.78, 5) is 21.8. The Balaban J connectivity index is 2.43. The molecule has 0 radical (unpaired) electrons. The summed E-state index contributed by atoms with van der Waals surface area (Å²) in [7, 11) is -4.46. The molecule has 0 spiro atoms. The molecule has 1 N–H and O–H groups in total. The van der Waals surface area contributed by atoms with Crippen LogP contribution in [0.4, 0.5) is 26.3 Å². The fourth-order valence-corrected chi connectivity index (χ4v) is 5.05. The molecular formula is C21H23F6N5O3S. The maximum Gasteiger partial charge on any atom is 0.451 e. The second-order valence-corrected chi connectivity index (χ2v) is 9.90. The number of hydrogen-bond acceptors (Lipinski definition) is 5. The van der Waals surface area contributed by atoms with Crippen LogP contribution in [-0.4, -0.2) is 74.4 Å². The number of alkyl halides is 4. The topological polar surface area (TPSA) is 104 Å². The molecule has 4 atom stereocenters. The van der Waals surface area contributed by atoms with Gasteiger partial charge in [0.25, 0.3) is 0 Å².